The van der Waals surface area contributed by atoms with E-state index in [4.69, 9.17) is 5.11 Å². The second-order valence-corrected chi connectivity index (χ2v) is 5.95. The lowest BCUT2D eigenvalue weighted by atomic mass is 10.1. The predicted octanol–water partition coefficient (Wildman–Crippen LogP) is 2.05. The van der Waals surface area contributed by atoms with Crippen LogP contribution in [-0.2, 0) is 10.3 Å². The van der Waals surface area contributed by atoms with Crippen LogP contribution >= 0.6 is 0 Å². The maximum atomic E-state index is 12.3. The normalized spacial score (nSPS) is 13.0. The summed E-state index contributed by atoms with van der Waals surface area (Å²) >= 11 is 0. The zero-order chi connectivity index (χ0) is 15.3. The first-order chi connectivity index (χ1) is 9.21. The van der Waals surface area contributed by atoms with E-state index in [0.717, 1.165) is 0 Å². The first kappa shape index (κ1) is 16.2. The highest BCUT2D eigenvalue weighted by molar-refractivity contribution is 5.66. The van der Waals surface area contributed by atoms with E-state index in [1.54, 1.807) is 17.0 Å². The quantitative estimate of drug-likeness (QED) is 0.833. The fourth-order valence-electron chi connectivity index (χ4n) is 1.90. The molecule has 2 N–H and O–H groups in total. The molecular formula is C14H23N3O3. The van der Waals surface area contributed by atoms with E-state index in [1.807, 2.05) is 27.7 Å². The van der Waals surface area contributed by atoms with E-state index in [-0.39, 0.29) is 23.6 Å². The molecule has 0 aromatic carbocycles. The van der Waals surface area contributed by atoms with E-state index in [1.165, 1.54) is 0 Å². The molecule has 0 saturated heterocycles. The Hall–Kier alpha value is -1.85. The Morgan fingerprint density at radius 2 is 2.15 bits per heavy atom. The Balaban J connectivity index is 2.74. The van der Waals surface area contributed by atoms with Gasteiger partial charge >= 0.3 is 5.97 Å². The van der Waals surface area contributed by atoms with Gasteiger partial charge in [-0.25, -0.2) is 4.98 Å². The van der Waals surface area contributed by atoms with Crippen LogP contribution < -0.4 is 10.9 Å². The number of aromatic nitrogens is 2. The monoisotopic (exact) mass is 281 g/mol. The maximum absolute atomic E-state index is 12.3. The first-order valence-corrected chi connectivity index (χ1v) is 6.78. The first-order valence-electron chi connectivity index (χ1n) is 6.78. The highest BCUT2D eigenvalue weighted by atomic mass is 16.4. The largest absolute Gasteiger partial charge is 0.481 e. The van der Waals surface area contributed by atoms with Gasteiger partial charge in [-0.15, -0.1) is 0 Å². The average Bonchev–Trinajstić information content (AvgIpc) is 2.29. The minimum Gasteiger partial charge on any atom is -0.481 e. The number of rotatable bonds is 6. The molecule has 20 heavy (non-hydrogen) atoms. The van der Waals surface area contributed by atoms with Gasteiger partial charge in [-0.1, -0.05) is 0 Å². The van der Waals surface area contributed by atoms with E-state index >= 15 is 0 Å². The molecule has 1 aromatic rings. The summed E-state index contributed by atoms with van der Waals surface area (Å²) in [5.41, 5.74) is -0.465. The minimum atomic E-state index is -0.801. The number of nitrogens with one attached hydrogen (secondary N) is 1. The number of anilines is 1. The molecule has 1 atom stereocenters. The Morgan fingerprint density at radius 1 is 1.50 bits per heavy atom. The lowest BCUT2D eigenvalue weighted by Gasteiger charge is -2.23. The van der Waals surface area contributed by atoms with Crippen molar-refractivity contribution >= 4 is 11.8 Å². The van der Waals surface area contributed by atoms with Crippen LogP contribution in [0.15, 0.2) is 17.2 Å². The van der Waals surface area contributed by atoms with E-state index in [2.05, 4.69) is 10.3 Å². The average molecular weight is 281 g/mol. The van der Waals surface area contributed by atoms with Gasteiger partial charge in [0, 0.05) is 30.4 Å². The summed E-state index contributed by atoms with van der Waals surface area (Å²) in [6.07, 6.45) is 4.66. The van der Waals surface area contributed by atoms with Crippen molar-refractivity contribution in [2.24, 2.45) is 0 Å². The van der Waals surface area contributed by atoms with Gasteiger partial charge in [-0.05, 0) is 40.5 Å². The molecule has 6 nitrogen and oxygen atoms in total. The molecule has 0 bridgehead atoms. The lowest BCUT2D eigenvalue weighted by molar-refractivity contribution is -0.137. The van der Waals surface area contributed by atoms with Crippen molar-refractivity contribution in [3.8, 4) is 0 Å². The predicted molar refractivity (Wildman–Crippen MR) is 78.1 cm³/mol. The van der Waals surface area contributed by atoms with Crippen LogP contribution in [-0.4, -0.2) is 26.7 Å². The summed E-state index contributed by atoms with van der Waals surface area (Å²) in [5.74, 6) is -0.490. The molecule has 0 aliphatic heterocycles. The number of nitrogens with zero attached hydrogens (tertiary/aromatic N) is 2. The van der Waals surface area contributed by atoms with Crippen molar-refractivity contribution in [1.29, 1.82) is 0 Å². The molecule has 0 spiro atoms. The highest BCUT2D eigenvalue weighted by Crippen LogP contribution is 2.11. The molecule has 1 aromatic heterocycles. The molecule has 1 heterocycles. The van der Waals surface area contributed by atoms with Crippen LogP contribution in [0.1, 0.15) is 47.0 Å². The van der Waals surface area contributed by atoms with Crippen LogP contribution in [0.25, 0.3) is 0 Å². The number of carbonyl (C=O) groups is 1. The number of hydrogen-bond acceptors (Lipinski definition) is 4. The molecule has 0 aliphatic rings. The number of carboxylic acid groups (broad SMARTS) is 1. The summed E-state index contributed by atoms with van der Waals surface area (Å²) < 4.78 is 1.63. The van der Waals surface area contributed by atoms with Crippen molar-refractivity contribution in [3.05, 3.63) is 22.7 Å². The SMILES string of the molecule is CC(CCCC(=O)O)Nc1nccn(C(C)(C)C)c1=O. The van der Waals surface area contributed by atoms with E-state index < -0.39 is 5.97 Å². The van der Waals surface area contributed by atoms with Gasteiger partial charge in [-0.3, -0.25) is 9.59 Å². The van der Waals surface area contributed by atoms with Gasteiger partial charge in [0.25, 0.3) is 5.56 Å². The van der Waals surface area contributed by atoms with Gasteiger partial charge in [0.15, 0.2) is 5.82 Å². The summed E-state index contributed by atoms with van der Waals surface area (Å²) in [6, 6.07) is 0.00497. The third-order valence-electron chi connectivity index (χ3n) is 2.97. The Labute approximate surface area is 118 Å². The van der Waals surface area contributed by atoms with Crippen molar-refractivity contribution in [3.63, 3.8) is 0 Å². The van der Waals surface area contributed by atoms with Gasteiger partial charge in [0.1, 0.15) is 0 Å². The molecule has 112 valence electrons. The molecule has 0 fully saturated rings. The lowest BCUT2D eigenvalue weighted by Crippen LogP contribution is -2.36. The zero-order valence-electron chi connectivity index (χ0n) is 12.5. The smallest absolute Gasteiger partial charge is 0.303 e. The number of hydrogen-bond donors (Lipinski definition) is 2. The molecular weight excluding hydrogens is 258 g/mol. The molecule has 0 radical (unpaired) electrons. The van der Waals surface area contributed by atoms with Gasteiger partial charge in [-0.2, -0.15) is 0 Å². The topological polar surface area (TPSA) is 84.2 Å². The Bertz CT molecular complexity index is 517. The van der Waals surface area contributed by atoms with Crippen LogP contribution in [0.5, 0.6) is 0 Å². The molecule has 1 unspecified atom stereocenters. The minimum absolute atomic E-state index is 0.00497. The van der Waals surface area contributed by atoms with Crippen LogP contribution in [0.4, 0.5) is 5.82 Å². The highest BCUT2D eigenvalue weighted by Gasteiger charge is 2.17. The van der Waals surface area contributed by atoms with Gasteiger partial charge in [0.2, 0.25) is 0 Å². The summed E-state index contributed by atoms with van der Waals surface area (Å²) in [5, 5.41) is 11.7. The Kier molecular flexibility index (Phi) is 5.30. The number of carboxylic acids is 1. The second-order valence-electron chi connectivity index (χ2n) is 5.95. The van der Waals surface area contributed by atoms with Crippen molar-refractivity contribution in [2.45, 2.75) is 58.5 Å². The van der Waals surface area contributed by atoms with Crippen molar-refractivity contribution < 1.29 is 9.90 Å². The van der Waals surface area contributed by atoms with E-state index in [9.17, 15) is 9.59 Å². The summed E-state index contributed by atoms with van der Waals surface area (Å²) in [4.78, 5) is 26.8. The van der Waals surface area contributed by atoms with Crippen LogP contribution in [0.3, 0.4) is 0 Å². The molecule has 1 rings (SSSR count). The third-order valence-corrected chi connectivity index (χ3v) is 2.97. The third kappa shape index (κ3) is 4.68. The molecule has 0 saturated carbocycles. The molecule has 0 aliphatic carbocycles. The maximum Gasteiger partial charge on any atom is 0.303 e. The summed E-state index contributed by atoms with van der Waals surface area (Å²) in [7, 11) is 0. The summed E-state index contributed by atoms with van der Waals surface area (Å²) in [6.45, 7) is 7.77. The standard InChI is InChI=1S/C14H23N3O3/c1-10(6-5-7-11(18)19)16-12-13(20)17(9-8-15-12)14(2,3)4/h8-10H,5-7H2,1-4H3,(H,15,16)(H,18,19). The zero-order valence-corrected chi connectivity index (χ0v) is 12.5. The Morgan fingerprint density at radius 3 is 2.70 bits per heavy atom. The van der Waals surface area contributed by atoms with Crippen molar-refractivity contribution in [1.82, 2.24) is 9.55 Å². The van der Waals surface area contributed by atoms with Crippen LogP contribution in [0.2, 0.25) is 0 Å². The fraction of sp³-hybridized carbons (Fsp3) is 0.643. The fourth-order valence-corrected chi connectivity index (χ4v) is 1.90. The van der Waals surface area contributed by atoms with E-state index in [0.29, 0.717) is 18.7 Å². The molecule has 0 amide bonds. The van der Waals surface area contributed by atoms with Gasteiger partial charge in [0.05, 0.1) is 0 Å². The van der Waals surface area contributed by atoms with Crippen LogP contribution in [0, 0.1) is 0 Å². The number of aliphatic carboxylic acids is 1. The molecule has 6 heteroatoms. The second kappa shape index (κ2) is 6.54. The van der Waals surface area contributed by atoms with Crippen molar-refractivity contribution in [2.75, 3.05) is 5.32 Å². The van der Waals surface area contributed by atoms with Gasteiger partial charge < -0.3 is 15.0 Å².